The molecule has 0 aromatic carbocycles. The molecule has 0 saturated carbocycles. The zero-order chi connectivity index (χ0) is 15.6. The molecule has 0 bridgehead atoms. The maximum Gasteiger partial charge on any atom is 0.324 e. The van der Waals surface area contributed by atoms with Gasteiger partial charge in [-0.15, -0.1) is 0 Å². The lowest BCUT2D eigenvalue weighted by molar-refractivity contribution is -0.168. The van der Waals surface area contributed by atoms with E-state index in [1.165, 1.54) is 19.8 Å². The van der Waals surface area contributed by atoms with Crippen molar-refractivity contribution in [1.82, 2.24) is 10.0 Å². The number of hydrazine groups is 1. The van der Waals surface area contributed by atoms with Gasteiger partial charge in [-0.3, -0.25) is 9.59 Å². The third-order valence-corrected chi connectivity index (χ3v) is 4.40. The van der Waals surface area contributed by atoms with Crippen molar-refractivity contribution in [3.05, 3.63) is 11.6 Å². The number of hydrogen-bond acceptors (Lipinski definition) is 6. The molecule has 0 spiro atoms. The third-order valence-electron chi connectivity index (χ3n) is 4.40. The van der Waals surface area contributed by atoms with E-state index in [4.69, 9.17) is 9.47 Å². The molecule has 0 N–H and O–H groups in total. The predicted molar refractivity (Wildman–Crippen MR) is 77.2 cm³/mol. The third kappa shape index (κ3) is 2.96. The molecule has 3 atom stereocenters. The number of ether oxygens (including phenoxy) is 2. The van der Waals surface area contributed by atoms with E-state index in [1.54, 1.807) is 0 Å². The van der Waals surface area contributed by atoms with Crippen LogP contribution in [0.1, 0.15) is 25.7 Å². The minimum Gasteiger partial charge on any atom is -0.469 e. The van der Waals surface area contributed by atoms with Gasteiger partial charge >= 0.3 is 11.9 Å². The van der Waals surface area contributed by atoms with Crippen LogP contribution in [-0.2, 0) is 19.1 Å². The van der Waals surface area contributed by atoms with Crippen molar-refractivity contribution in [2.24, 2.45) is 5.92 Å². The van der Waals surface area contributed by atoms with Crippen LogP contribution < -0.4 is 0 Å². The number of carbonyl (C=O) groups excluding carboxylic acids is 2. The summed E-state index contributed by atoms with van der Waals surface area (Å²) >= 11 is 0. The number of rotatable bonds is 3. The fourth-order valence-electron chi connectivity index (χ4n) is 3.51. The summed E-state index contributed by atoms with van der Waals surface area (Å²) in [6, 6.07) is -0.462. The van der Waals surface area contributed by atoms with Gasteiger partial charge in [0.05, 0.1) is 26.2 Å². The molecule has 1 saturated heterocycles. The van der Waals surface area contributed by atoms with Crippen molar-refractivity contribution >= 4 is 11.9 Å². The second kappa shape index (κ2) is 6.58. The van der Waals surface area contributed by atoms with Crippen molar-refractivity contribution in [3.63, 3.8) is 0 Å². The number of piperidine rings is 1. The molecular weight excluding hydrogens is 272 g/mol. The first-order chi connectivity index (χ1) is 10.0. The summed E-state index contributed by atoms with van der Waals surface area (Å²) < 4.78 is 9.89. The normalized spacial score (nSPS) is 29.6. The molecule has 1 aliphatic carbocycles. The lowest BCUT2D eigenvalue weighted by Gasteiger charge is -2.48. The lowest BCUT2D eigenvalue weighted by Crippen LogP contribution is -2.61. The maximum atomic E-state index is 12.1. The smallest absolute Gasteiger partial charge is 0.324 e. The predicted octanol–water partition coefficient (Wildman–Crippen LogP) is 0.978. The van der Waals surface area contributed by atoms with Crippen LogP contribution in [-0.4, -0.2) is 62.4 Å². The van der Waals surface area contributed by atoms with E-state index in [2.05, 4.69) is 6.08 Å². The lowest BCUT2D eigenvalue weighted by atomic mass is 9.77. The Bertz CT molecular complexity index is 447. The molecule has 3 unspecified atom stereocenters. The SMILES string of the molecule is COC(=O)C1CCC=C2CCC(C(=O)OC)N(N(C)C)C21. The van der Waals surface area contributed by atoms with E-state index < -0.39 is 0 Å². The highest BCUT2D eigenvalue weighted by Gasteiger charge is 2.46. The van der Waals surface area contributed by atoms with Crippen molar-refractivity contribution in [2.45, 2.75) is 37.8 Å². The minimum atomic E-state index is -0.350. The first-order valence-corrected chi connectivity index (χ1v) is 7.31. The van der Waals surface area contributed by atoms with E-state index in [1.807, 2.05) is 24.1 Å². The number of hydrogen-bond donors (Lipinski definition) is 0. The number of methoxy groups -OCH3 is 2. The molecule has 0 aromatic heterocycles. The molecule has 0 radical (unpaired) electrons. The number of carbonyl (C=O) groups is 2. The van der Waals surface area contributed by atoms with Crippen molar-refractivity contribution < 1.29 is 19.1 Å². The van der Waals surface area contributed by atoms with Crippen molar-refractivity contribution in [2.75, 3.05) is 28.3 Å². The largest absolute Gasteiger partial charge is 0.469 e. The van der Waals surface area contributed by atoms with E-state index in [9.17, 15) is 9.59 Å². The van der Waals surface area contributed by atoms with Crippen molar-refractivity contribution in [1.29, 1.82) is 0 Å². The number of fused-ring (bicyclic) bond motifs is 1. The molecular formula is C15H24N2O4. The molecule has 0 aromatic rings. The van der Waals surface area contributed by atoms with Gasteiger partial charge in [0.15, 0.2) is 0 Å². The van der Waals surface area contributed by atoms with Gasteiger partial charge < -0.3 is 9.47 Å². The average Bonchev–Trinajstić information content (AvgIpc) is 2.51. The van der Waals surface area contributed by atoms with E-state index in [0.717, 1.165) is 19.3 Å². The quantitative estimate of drug-likeness (QED) is 0.571. The summed E-state index contributed by atoms with van der Waals surface area (Å²) in [6.07, 6.45) is 5.37. The Morgan fingerprint density at radius 2 is 1.86 bits per heavy atom. The molecule has 6 nitrogen and oxygen atoms in total. The highest BCUT2D eigenvalue weighted by molar-refractivity contribution is 5.77. The van der Waals surface area contributed by atoms with Crippen LogP contribution in [0.3, 0.4) is 0 Å². The summed E-state index contributed by atoms with van der Waals surface area (Å²) in [4.78, 5) is 24.2. The average molecular weight is 296 g/mol. The molecule has 1 fully saturated rings. The van der Waals surface area contributed by atoms with E-state index >= 15 is 0 Å². The van der Waals surface area contributed by atoms with Crippen LogP contribution >= 0.6 is 0 Å². The van der Waals surface area contributed by atoms with E-state index in [-0.39, 0.29) is 29.9 Å². The molecule has 2 rings (SSSR count). The van der Waals surface area contributed by atoms with E-state index in [0.29, 0.717) is 6.42 Å². The summed E-state index contributed by atoms with van der Waals surface area (Å²) in [6.45, 7) is 0. The van der Waals surface area contributed by atoms with Gasteiger partial charge in [0.1, 0.15) is 6.04 Å². The monoisotopic (exact) mass is 296 g/mol. The van der Waals surface area contributed by atoms with Crippen LogP contribution in [0.2, 0.25) is 0 Å². The summed E-state index contributed by atoms with van der Waals surface area (Å²) in [5.74, 6) is -0.690. The van der Waals surface area contributed by atoms with Gasteiger partial charge in [-0.2, -0.15) is 0 Å². The molecule has 1 aliphatic heterocycles. The van der Waals surface area contributed by atoms with Crippen LogP contribution in [0.25, 0.3) is 0 Å². The Balaban J connectivity index is 2.37. The van der Waals surface area contributed by atoms with Crippen LogP contribution in [0, 0.1) is 5.92 Å². The molecule has 1 heterocycles. The molecule has 21 heavy (non-hydrogen) atoms. The summed E-state index contributed by atoms with van der Waals surface area (Å²) in [7, 11) is 6.60. The van der Waals surface area contributed by atoms with Gasteiger partial charge in [0.25, 0.3) is 0 Å². The second-order valence-electron chi connectivity index (χ2n) is 5.74. The fourth-order valence-corrected chi connectivity index (χ4v) is 3.51. The fraction of sp³-hybridized carbons (Fsp3) is 0.733. The first-order valence-electron chi connectivity index (χ1n) is 7.31. The van der Waals surface area contributed by atoms with Gasteiger partial charge in [-0.1, -0.05) is 11.6 Å². The standard InChI is InChI=1S/C15H24N2O4/c1-16(2)17-12(15(19)21-4)9-8-10-6-5-7-11(13(10)17)14(18)20-3/h6,11-13H,5,7-9H2,1-4H3. The topological polar surface area (TPSA) is 59.1 Å². The summed E-state index contributed by atoms with van der Waals surface area (Å²) in [5.41, 5.74) is 1.23. The Hall–Kier alpha value is -1.40. The van der Waals surface area contributed by atoms with Gasteiger partial charge in [0, 0.05) is 14.1 Å². The number of esters is 2. The maximum absolute atomic E-state index is 12.1. The molecule has 0 amide bonds. The highest BCUT2D eigenvalue weighted by atomic mass is 16.5. The Kier molecular flexibility index (Phi) is 5.00. The van der Waals surface area contributed by atoms with Crippen LogP contribution in [0.4, 0.5) is 0 Å². The highest BCUT2D eigenvalue weighted by Crippen LogP contribution is 2.38. The zero-order valence-corrected chi connectivity index (χ0v) is 13.2. The molecule has 118 valence electrons. The van der Waals surface area contributed by atoms with Crippen molar-refractivity contribution in [3.8, 4) is 0 Å². The Labute approximate surface area is 125 Å². The van der Waals surface area contributed by atoms with Gasteiger partial charge in [0.2, 0.25) is 0 Å². The number of nitrogens with zero attached hydrogens (tertiary/aromatic N) is 2. The molecule has 6 heteroatoms. The number of allylic oxidation sites excluding steroid dienone is 1. The van der Waals surface area contributed by atoms with Gasteiger partial charge in [-0.25, -0.2) is 10.0 Å². The van der Waals surface area contributed by atoms with Crippen LogP contribution in [0.15, 0.2) is 11.6 Å². The summed E-state index contributed by atoms with van der Waals surface area (Å²) in [5, 5.41) is 3.86. The Morgan fingerprint density at radius 3 is 2.43 bits per heavy atom. The molecule has 2 aliphatic rings. The zero-order valence-electron chi connectivity index (χ0n) is 13.2. The first kappa shape index (κ1) is 16.0. The van der Waals surface area contributed by atoms with Gasteiger partial charge in [-0.05, 0) is 25.7 Å². The van der Waals surface area contributed by atoms with Crippen LogP contribution in [0.5, 0.6) is 0 Å². The Morgan fingerprint density at radius 1 is 1.19 bits per heavy atom. The second-order valence-corrected chi connectivity index (χ2v) is 5.74. The minimum absolute atomic E-state index is 0.112.